The topological polar surface area (TPSA) is 39.4 Å². The van der Waals surface area contributed by atoms with Gasteiger partial charge in [-0.25, -0.2) is 4.79 Å². The molecular weight excluding hydrogens is 332 g/mol. The molecule has 0 saturated heterocycles. The second kappa shape index (κ2) is 7.79. The number of fused-ring (bicyclic) bond motifs is 1. The molecule has 1 aliphatic carbocycles. The number of hydrogen-bond acceptors (Lipinski definition) is 4. The summed E-state index contributed by atoms with van der Waals surface area (Å²) in [4.78, 5) is 13.0. The zero-order valence-corrected chi connectivity index (χ0v) is 15.6. The minimum atomic E-state index is -0.423. The van der Waals surface area contributed by atoms with E-state index >= 15 is 0 Å². The van der Waals surface area contributed by atoms with E-state index in [9.17, 15) is 4.79 Å². The second-order valence-corrected chi connectivity index (χ2v) is 6.73. The van der Waals surface area contributed by atoms with Crippen molar-refractivity contribution in [3.63, 3.8) is 0 Å². The highest BCUT2D eigenvalue weighted by Gasteiger charge is 2.20. The molecule has 0 radical (unpaired) electrons. The third-order valence-electron chi connectivity index (χ3n) is 4.13. The molecule has 0 bridgehead atoms. The van der Waals surface area contributed by atoms with Gasteiger partial charge < -0.3 is 9.15 Å². The first-order valence-electron chi connectivity index (χ1n) is 8.54. The van der Waals surface area contributed by atoms with Crippen molar-refractivity contribution < 1.29 is 13.9 Å². The Kier molecular flexibility index (Phi) is 5.49. The Labute approximate surface area is 152 Å². The minimum Gasteiger partial charge on any atom is -0.460 e. The molecule has 1 aromatic heterocycles. The van der Waals surface area contributed by atoms with Crippen molar-refractivity contribution in [3.8, 4) is 0 Å². The van der Waals surface area contributed by atoms with Gasteiger partial charge in [0.15, 0.2) is 0 Å². The highest BCUT2D eigenvalue weighted by molar-refractivity contribution is 7.98. The standard InChI is InChI=1S/C21H22O3S/c1-4-6-14-11-15-12-17(25-3)8-9-18(15)19(14)13-16-7-10-20(24-16)21(22)23-5-2/h7-13H,4-6H2,1-3H3/b19-13+. The predicted octanol–water partition coefficient (Wildman–Crippen LogP) is 5.92. The number of carbonyl (C=O) groups is 1. The molecule has 0 N–H and O–H groups in total. The van der Waals surface area contributed by atoms with Crippen molar-refractivity contribution in [2.45, 2.75) is 31.6 Å². The summed E-state index contributed by atoms with van der Waals surface area (Å²) in [5, 5.41) is 0. The molecule has 0 saturated carbocycles. The number of rotatable bonds is 6. The first-order chi connectivity index (χ1) is 12.2. The Bertz CT molecular complexity index is 843. The molecule has 0 fully saturated rings. The lowest BCUT2D eigenvalue weighted by atomic mass is 9.99. The van der Waals surface area contributed by atoms with E-state index in [2.05, 4.69) is 37.5 Å². The van der Waals surface area contributed by atoms with Crippen LogP contribution in [0.2, 0.25) is 0 Å². The average molecular weight is 354 g/mol. The van der Waals surface area contributed by atoms with E-state index in [1.807, 2.05) is 12.1 Å². The Morgan fingerprint density at radius 1 is 1.24 bits per heavy atom. The van der Waals surface area contributed by atoms with Crippen molar-refractivity contribution >= 4 is 35.5 Å². The van der Waals surface area contributed by atoms with Crippen LogP contribution in [-0.4, -0.2) is 18.8 Å². The maximum Gasteiger partial charge on any atom is 0.374 e. The van der Waals surface area contributed by atoms with Crippen LogP contribution in [0.15, 0.2) is 45.2 Å². The molecule has 4 heteroatoms. The van der Waals surface area contributed by atoms with Gasteiger partial charge in [-0.3, -0.25) is 0 Å². The quantitative estimate of drug-likeness (QED) is 0.477. The zero-order chi connectivity index (χ0) is 17.8. The van der Waals surface area contributed by atoms with Crippen LogP contribution < -0.4 is 0 Å². The molecule has 0 spiro atoms. The lowest BCUT2D eigenvalue weighted by Crippen LogP contribution is -2.02. The Morgan fingerprint density at radius 3 is 2.80 bits per heavy atom. The van der Waals surface area contributed by atoms with Gasteiger partial charge in [0.2, 0.25) is 5.76 Å². The molecule has 3 nitrogen and oxygen atoms in total. The fraction of sp³-hybridized carbons (Fsp3) is 0.286. The first kappa shape index (κ1) is 17.6. The number of esters is 1. The Hall–Kier alpha value is -2.20. The number of furan rings is 1. The SMILES string of the molecule is CCCC1=Cc2cc(SC)ccc2/C1=C/c1ccc(C(=O)OCC)o1. The highest BCUT2D eigenvalue weighted by atomic mass is 32.2. The fourth-order valence-corrected chi connectivity index (χ4v) is 3.45. The van der Waals surface area contributed by atoms with Gasteiger partial charge in [0.1, 0.15) is 5.76 Å². The summed E-state index contributed by atoms with van der Waals surface area (Å²) >= 11 is 1.75. The molecule has 1 aromatic carbocycles. The van der Waals surface area contributed by atoms with Gasteiger partial charge in [-0.1, -0.05) is 25.5 Å². The molecule has 0 unspecified atom stereocenters. The summed E-state index contributed by atoms with van der Waals surface area (Å²) in [5.41, 5.74) is 4.95. The van der Waals surface area contributed by atoms with Crippen LogP contribution in [0.1, 0.15) is 54.1 Å². The average Bonchev–Trinajstić information content (AvgIpc) is 3.21. The molecule has 0 aliphatic heterocycles. The molecule has 1 heterocycles. The lowest BCUT2D eigenvalue weighted by molar-refractivity contribution is 0.0489. The van der Waals surface area contributed by atoms with Gasteiger partial charge in [0.25, 0.3) is 0 Å². The molecule has 3 rings (SSSR count). The van der Waals surface area contributed by atoms with Crippen LogP contribution in [0.4, 0.5) is 0 Å². The summed E-state index contributed by atoms with van der Waals surface area (Å²) in [5.74, 6) is 0.487. The number of carbonyl (C=O) groups excluding carboxylic acids is 1. The fourth-order valence-electron chi connectivity index (χ4n) is 3.00. The summed E-state index contributed by atoms with van der Waals surface area (Å²) in [6, 6.07) is 10.0. The van der Waals surface area contributed by atoms with Crippen LogP contribution in [0.25, 0.3) is 17.7 Å². The number of hydrogen-bond donors (Lipinski definition) is 0. The molecule has 25 heavy (non-hydrogen) atoms. The van der Waals surface area contributed by atoms with Gasteiger partial charge >= 0.3 is 5.97 Å². The van der Waals surface area contributed by atoms with Crippen molar-refractivity contribution in [3.05, 3.63) is 58.6 Å². The van der Waals surface area contributed by atoms with E-state index in [0.717, 1.165) is 12.8 Å². The molecule has 130 valence electrons. The Balaban J connectivity index is 1.96. The number of ether oxygens (including phenoxy) is 1. The smallest absolute Gasteiger partial charge is 0.374 e. The van der Waals surface area contributed by atoms with E-state index < -0.39 is 5.97 Å². The van der Waals surface area contributed by atoms with Crippen LogP contribution in [0.5, 0.6) is 0 Å². The normalized spacial score (nSPS) is 14.5. The zero-order valence-electron chi connectivity index (χ0n) is 14.8. The number of allylic oxidation sites excluding steroid dienone is 2. The highest BCUT2D eigenvalue weighted by Crippen LogP contribution is 2.40. The van der Waals surface area contributed by atoms with Crippen molar-refractivity contribution in [2.75, 3.05) is 12.9 Å². The monoisotopic (exact) mass is 354 g/mol. The van der Waals surface area contributed by atoms with Crippen molar-refractivity contribution in [1.82, 2.24) is 0 Å². The minimum absolute atomic E-state index is 0.241. The lowest BCUT2D eigenvalue weighted by Gasteiger charge is -2.07. The third-order valence-corrected chi connectivity index (χ3v) is 4.86. The van der Waals surface area contributed by atoms with E-state index in [-0.39, 0.29) is 5.76 Å². The van der Waals surface area contributed by atoms with Gasteiger partial charge in [-0.15, -0.1) is 11.8 Å². The molecular formula is C21H22O3S. The largest absolute Gasteiger partial charge is 0.460 e. The molecule has 0 atom stereocenters. The summed E-state index contributed by atoms with van der Waals surface area (Å²) in [6.07, 6.45) is 8.47. The number of benzene rings is 1. The van der Waals surface area contributed by atoms with Crippen molar-refractivity contribution in [2.24, 2.45) is 0 Å². The maximum atomic E-state index is 11.8. The van der Waals surface area contributed by atoms with Crippen LogP contribution >= 0.6 is 11.8 Å². The van der Waals surface area contributed by atoms with Crippen LogP contribution in [0.3, 0.4) is 0 Å². The second-order valence-electron chi connectivity index (χ2n) is 5.85. The van der Waals surface area contributed by atoms with Gasteiger partial charge in [0, 0.05) is 4.90 Å². The summed E-state index contributed by atoms with van der Waals surface area (Å²) < 4.78 is 10.6. The van der Waals surface area contributed by atoms with E-state index in [0.29, 0.717) is 12.4 Å². The van der Waals surface area contributed by atoms with Crippen LogP contribution in [0, 0.1) is 0 Å². The Morgan fingerprint density at radius 2 is 2.08 bits per heavy atom. The van der Waals surface area contributed by atoms with Gasteiger partial charge in [-0.2, -0.15) is 0 Å². The van der Waals surface area contributed by atoms with Gasteiger partial charge in [0.05, 0.1) is 6.61 Å². The third kappa shape index (κ3) is 3.74. The maximum absolute atomic E-state index is 11.8. The summed E-state index contributed by atoms with van der Waals surface area (Å²) in [7, 11) is 0. The van der Waals surface area contributed by atoms with E-state index in [1.54, 1.807) is 24.8 Å². The number of thioether (sulfide) groups is 1. The van der Waals surface area contributed by atoms with Gasteiger partial charge in [-0.05, 0) is 72.2 Å². The summed E-state index contributed by atoms with van der Waals surface area (Å²) in [6.45, 7) is 4.30. The molecule has 0 amide bonds. The molecule has 2 aromatic rings. The van der Waals surface area contributed by atoms with E-state index in [4.69, 9.17) is 9.15 Å². The van der Waals surface area contributed by atoms with Crippen LogP contribution in [-0.2, 0) is 4.74 Å². The molecule has 1 aliphatic rings. The van der Waals surface area contributed by atoms with Crippen molar-refractivity contribution in [1.29, 1.82) is 0 Å². The predicted molar refractivity (Wildman–Crippen MR) is 104 cm³/mol. The first-order valence-corrected chi connectivity index (χ1v) is 9.76. The van der Waals surface area contributed by atoms with E-state index in [1.165, 1.54) is 27.2 Å².